The number of aryl methyl sites for hydroxylation is 2. The molecule has 8 nitrogen and oxygen atoms in total. The first-order valence-corrected chi connectivity index (χ1v) is 8.86. The molecule has 0 atom stereocenters. The molecule has 4 heterocycles. The lowest BCUT2D eigenvalue weighted by molar-refractivity contribution is 0.0954. The molecule has 0 saturated carbocycles. The van der Waals surface area contributed by atoms with Crippen molar-refractivity contribution in [3.8, 4) is 11.1 Å². The topological polar surface area (TPSA) is 103 Å². The van der Waals surface area contributed by atoms with E-state index in [1.54, 1.807) is 9.20 Å². The van der Waals surface area contributed by atoms with E-state index in [2.05, 4.69) is 20.5 Å². The number of hydrogen-bond donors (Lipinski definition) is 2. The second-order valence-corrected chi connectivity index (χ2v) is 6.92. The summed E-state index contributed by atoms with van der Waals surface area (Å²) in [6, 6.07) is 5.65. The zero-order valence-corrected chi connectivity index (χ0v) is 15.1. The molecule has 4 rings (SSSR count). The van der Waals surface area contributed by atoms with E-state index in [-0.39, 0.29) is 11.9 Å². The lowest BCUT2D eigenvalue weighted by atomic mass is 10.1. The zero-order chi connectivity index (χ0) is 18.3. The number of amides is 1. The number of fused-ring (bicyclic) bond motifs is 1. The molecule has 1 amide bonds. The molecule has 9 heteroatoms. The van der Waals surface area contributed by atoms with Crippen LogP contribution in [0, 0.1) is 6.92 Å². The maximum absolute atomic E-state index is 12.4. The number of nitrogen functional groups attached to an aromatic ring is 1. The molecule has 0 aliphatic heterocycles. The smallest absolute Gasteiger partial charge is 0.261 e. The maximum Gasteiger partial charge on any atom is 0.261 e. The van der Waals surface area contributed by atoms with Gasteiger partial charge >= 0.3 is 0 Å². The molecule has 4 aromatic heterocycles. The predicted molar refractivity (Wildman–Crippen MR) is 99.8 cm³/mol. The summed E-state index contributed by atoms with van der Waals surface area (Å²) < 4.78 is 3.37. The minimum absolute atomic E-state index is 0.114. The molecule has 0 spiro atoms. The lowest BCUT2D eigenvalue weighted by Crippen LogP contribution is -2.22. The van der Waals surface area contributed by atoms with Gasteiger partial charge in [0.2, 0.25) is 5.95 Å². The number of thiophene rings is 1. The van der Waals surface area contributed by atoms with E-state index in [4.69, 9.17) is 5.73 Å². The number of nitrogens with one attached hydrogen (secondary N) is 1. The average molecular weight is 367 g/mol. The monoisotopic (exact) mass is 367 g/mol. The van der Waals surface area contributed by atoms with Gasteiger partial charge in [-0.15, -0.1) is 16.4 Å². The third-order valence-corrected chi connectivity index (χ3v) is 4.96. The molecule has 0 bridgehead atoms. The van der Waals surface area contributed by atoms with Crippen molar-refractivity contribution in [1.82, 2.24) is 29.7 Å². The molecule has 26 heavy (non-hydrogen) atoms. The normalized spacial score (nSPS) is 11.2. The standard InChI is InChI=1S/C17H17N7OS/c1-10-7-23(2)21-13(10)6-19-16(25)14-5-12(9-26-14)11-3-4-15-20-17(18)22-24(15)8-11/h3-5,7-9H,6H2,1-2H3,(H2,18,22)(H,19,25). The highest BCUT2D eigenvalue weighted by molar-refractivity contribution is 7.12. The Morgan fingerprint density at radius 1 is 1.27 bits per heavy atom. The van der Waals surface area contributed by atoms with Crippen LogP contribution in [-0.2, 0) is 13.6 Å². The molecule has 0 radical (unpaired) electrons. The van der Waals surface area contributed by atoms with Crippen LogP contribution in [0.2, 0.25) is 0 Å². The van der Waals surface area contributed by atoms with E-state index in [1.807, 2.05) is 49.9 Å². The third-order valence-electron chi connectivity index (χ3n) is 4.03. The van der Waals surface area contributed by atoms with Gasteiger partial charge < -0.3 is 11.1 Å². The Hall–Kier alpha value is -3.20. The van der Waals surface area contributed by atoms with Gasteiger partial charge in [-0.3, -0.25) is 9.48 Å². The molecule has 132 valence electrons. The molecular weight excluding hydrogens is 350 g/mol. The first-order valence-electron chi connectivity index (χ1n) is 7.98. The largest absolute Gasteiger partial charge is 0.366 e. The van der Waals surface area contributed by atoms with Crippen molar-refractivity contribution in [1.29, 1.82) is 0 Å². The van der Waals surface area contributed by atoms with Gasteiger partial charge in [0.05, 0.1) is 17.1 Å². The first-order chi connectivity index (χ1) is 12.5. The van der Waals surface area contributed by atoms with Crippen LogP contribution < -0.4 is 11.1 Å². The molecule has 0 fully saturated rings. The summed E-state index contributed by atoms with van der Waals surface area (Å²) in [5.41, 5.74) is 10.1. The van der Waals surface area contributed by atoms with Crippen molar-refractivity contribution in [2.45, 2.75) is 13.5 Å². The van der Waals surface area contributed by atoms with Crippen molar-refractivity contribution in [2.75, 3.05) is 5.73 Å². The second kappa shape index (κ2) is 6.26. The van der Waals surface area contributed by atoms with Crippen LogP contribution >= 0.6 is 11.3 Å². The van der Waals surface area contributed by atoms with E-state index < -0.39 is 0 Å². The van der Waals surface area contributed by atoms with Crippen LogP contribution in [0.3, 0.4) is 0 Å². The number of carbonyl (C=O) groups is 1. The summed E-state index contributed by atoms with van der Waals surface area (Å²) in [5, 5.41) is 13.3. The molecule has 0 aliphatic rings. The Labute approximate surface area is 153 Å². The molecule has 0 unspecified atom stereocenters. The van der Waals surface area contributed by atoms with Crippen molar-refractivity contribution in [3.05, 3.63) is 52.1 Å². The fraction of sp³-hybridized carbons (Fsp3) is 0.176. The maximum atomic E-state index is 12.4. The Balaban J connectivity index is 1.51. The van der Waals surface area contributed by atoms with Gasteiger partial charge in [0.1, 0.15) is 0 Å². The Morgan fingerprint density at radius 2 is 2.12 bits per heavy atom. The van der Waals surface area contributed by atoms with E-state index >= 15 is 0 Å². The Bertz CT molecular complexity index is 1110. The highest BCUT2D eigenvalue weighted by atomic mass is 32.1. The van der Waals surface area contributed by atoms with E-state index in [1.165, 1.54) is 11.3 Å². The van der Waals surface area contributed by atoms with Gasteiger partial charge in [-0.1, -0.05) is 0 Å². The van der Waals surface area contributed by atoms with Gasteiger partial charge in [0.15, 0.2) is 5.65 Å². The Kier molecular flexibility index (Phi) is 3.92. The van der Waals surface area contributed by atoms with Crippen LogP contribution in [0.5, 0.6) is 0 Å². The van der Waals surface area contributed by atoms with E-state index in [0.717, 1.165) is 22.4 Å². The van der Waals surface area contributed by atoms with Crippen molar-refractivity contribution in [3.63, 3.8) is 0 Å². The zero-order valence-electron chi connectivity index (χ0n) is 14.3. The fourth-order valence-electron chi connectivity index (χ4n) is 2.76. The number of hydrogen-bond acceptors (Lipinski definition) is 6. The third kappa shape index (κ3) is 3.04. The van der Waals surface area contributed by atoms with Crippen LogP contribution in [0.1, 0.15) is 20.9 Å². The van der Waals surface area contributed by atoms with Crippen LogP contribution in [0.25, 0.3) is 16.8 Å². The number of nitrogens with two attached hydrogens (primary N) is 1. The minimum atomic E-state index is -0.114. The van der Waals surface area contributed by atoms with E-state index in [0.29, 0.717) is 17.1 Å². The van der Waals surface area contributed by atoms with Crippen LogP contribution in [0.4, 0.5) is 5.95 Å². The number of carbonyl (C=O) groups excluding carboxylic acids is 1. The summed E-state index contributed by atoms with van der Waals surface area (Å²) in [7, 11) is 1.86. The van der Waals surface area contributed by atoms with Crippen molar-refractivity contribution < 1.29 is 4.79 Å². The van der Waals surface area contributed by atoms with Crippen LogP contribution in [0.15, 0.2) is 36.0 Å². The average Bonchev–Trinajstić information content (AvgIpc) is 3.29. The fourth-order valence-corrected chi connectivity index (χ4v) is 3.59. The summed E-state index contributed by atoms with van der Waals surface area (Å²) in [5.74, 6) is 0.120. The van der Waals surface area contributed by atoms with Gasteiger partial charge in [-0.2, -0.15) is 10.1 Å². The number of rotatable bonds is 4. The number of pyridine rings is 1. The van der Waals surface area contributed by atoms with Gasteiger partial charge in [0.25, 0.3) is 5.91 Å². The highest BCUT2D eigenvalue weighted by Crippen LogP contribution is 2.26. The molecule has 0 saturated heterocycles. The second-order valence-electron chi connectivity index (χ2n) is 6.01. The lowest BCUT2D eigenvalue weighted by Gasteiger charge is -2.02. The van der Waals surface area contributed by atoms with Crippen molar-refractivity contribution in [2.24, 2.45) is 7.05 Å². The predicted octanol–water partition coefficient (Wildman–Crippen LogP) is 2.01. The number of aromatic nitrogens is 5. The van der Waals surface area contributed by atoms with Gasteiger partial charge in [-0.05, 0) is 41.6 Å². The summed E-state index contributed by atoms with van der Waals surface area (Å²) in [6.07, 6.45) is 3.78. The number of nitrogens with zero attached hydrogens (tertiary/aromatic N) is 5. The van der Waals surface area contributed by atoms with Crippen LogP contribution in [-0.4, -0.2) is 30.3 Å². The summed E-state index contributed by atoms with van der Waals surface area (Å²) in [4.78, 5) is 17.2. The highest BCUT2D eigenvalue weighted by Gasteiger charge is 2.12. The molecule has 4 aromatic rings. The molecule has 0 aliphatic carbocycles. The van der Waals surface area contributed by atoms with E-state index in [9.17, 15) is 4.79 Å². The SMILES string of the molecule is Cc1cn(C)nc1CNC(=O)c1cc(-c2ccc3nc(N)nn3c2)cs1. The Morgan fingerprint density at radius 3 is 2.88 bits per heavy atom. The summed E-state index contributed by atoms with van der Waals surface area (Å²) >= 11 is 1.40. The molecule has 0 aromatic carbocycles. The minimum Gasteiger partial charge on any atom is -0.366 e. The molecule has 3 N–H and O–H groups in total. The van der Waals surface area contributed by atoms with Gasteiger partial charge in [0, 0.05) is 25.0 Å². The summed E-state index contributed by atoms with van der Waals surface area (Å²) in [6.45, 7) is 2.38. The van der Waals surface area contributed by atoms with Gasteiger partial charge in [-0.25, -0.2) is 4.52 Å². The molecular formula is C17H17N7OS. The quantitative estimate of drug-likeness (QED) is 0.574. The first kappa shape index (κ1) is 16.3. The van der Waals surface area contributed by atoms with Crippen molar-refractivity contribution >= 4 is 28.8 Å². The number of anilines is 1.